The van der Waals surface area contributed by atoms with Crippen molar-refractivity contribution in [3.63, 3.8) is 0 Å². The second kappa shape index (κ2) is 4.71. The number of hydrogen-bond acceptors (Lipinski definition) is 2. The van der Waals surface area contributed by atoms with Gasteiger partial charge < -0.3 is 9.47 Å². The van der Waals surface area contributed by atoms with Crippen LogP contribution in [0.4, 0.5) is 0 Å². The Morgan fingerprint density at radius 3 is 2.50 bits per heavy atom. The highest BCUT2D eigenvalue weighted by atomic mass is 127. The van der Waals surface area contributed by atoms with E-state index in [9.17, 15) is 0 Å². The Bertz CT molecular complexity index is 330. The molecule has 1 atom stereocenters. The molecule has 0 aromatic heterocycles. The van der Waals surface area contributed by atoms with Gasteiger partial charge in [0.1, 0.15) is 18.5 Å². The lowest BCUT2D eigenvalue weighted by molar-refractivity contribution is 0.260. The van der Waals surface area contributed by atoms with Gasteiger partial charge in [-0.15, -0.1) is 0 Å². The fraction of sp³-hybridized carbons (Fsp3) is 0.333. The summed E-state index contributed by atoms with van der Waals surface area (Å²) in [7, 11) is 0. The zero-order valence-corrected chi connectivity index (χ0v) is 12.2. The SMILES string of the molecule is Clc1cc(I)c(OC[C@@H]2CO2)c(I)c1. The molecule has 0 radical (unpaired) electrons. The molecule has 1 aromatic rings. The molecule has 0 spiro atoms. The molecule has 2 nitrogen and oxygen atoms in total. The smallest absolute Gasteiger partial charge is 0.146 e. The van der Waals surface area contributed by atoms with Crippen molar-refractivity contribution in [2.75, 3.05) is 13.2 Å². The summed E-state index contributed by atoms with van der Waals surface area (Å²) < 4.78 is 12.8. The lowest BCUT2D eigenvalue weighted by Gasteiger charge is -2.09. The molecular weight excluding hydrogens is 429 g/mol. The molecule has 1 aromatic carbocycles. The molecule has 0 bridgehead atoms. The van der Waals surface area contributed by atoms with Crippen LogP contribution in [-0.2, 0) is 4.74 Å². The van der Waals surface area contributed by atoms with Gasteiger partial charge in [-0.2, -0.15) is 0 Å². The van der Waals surface area contributed by atoms with Crippen molar-refractivity contribution in [1.82, 2.24) is 0 Å². The summed E-state index contributed by atoms with van der Waals surface area (Å²) in [6, 6.07) is 3.79. The van der Waals surface area contributed by atoms with Crippen molar-refractivity contribution in [2.24, 2.45) is 0 Å². The van der Waals surface area contributed by atoms with Crippen molar-refractivity contribution in [3.8, 4) is 5.75 Å². The molecule has 0 saturated carbocycles. The van der Waals surface area contributed by atoms with Gasteiger partial charge in [0.2, 0.25) is 0 Å². The van der Waals surface area contributed by atoms with Crippen molar-refractivity contribution in [2.45, 2.75) is 6.10 Å². The van der Waals surface area contributed by atoms with E-state index in [2.05, 4.69) is 45.2 Å². The number of halogens is 3. The first kappa shape index (κ1) is 11.2. The van der Waals surface area contributed by atoms with Gasteiger partial charge in [0.25, 0.3) is 0 Å². The molecule has 2 rings (SSSR count). The van der Waals surface area contributed by atoms with Gasteiger partial charge in [0.05, 0.1) is 13.7 Å². The first-order valence-electron chi connectivity index (χ1n) is 4.06. The average Bonchev–Trinajstić information content (AvgIpc) is 2.85. The van der Waals surface area contributed by atoms with Crippen LogP contribution in [0.3, 0.4) is 0 Å². The first-order chi connectivity index (χ1) is 6.66. The zero-order valence-electron chi connectivity index (χ0n) is 7.10. The largest absolute Gasteiger partial charge is 0.489 e. The third kappa shape index (κ3) is 2.86. The highest BCUT2D eigenvalue weighted by Gasteiger charge is 2.24. The van der Waals surface area contributed by atoms with Gasteiger partial charge in [-0.3, -0.25) is 0 Å². The first-order valence-corrected chi connectivity index (χ1v) is 6.59. The van der Waals surface area contributed by atoms with Crippen LogP contribution in [0, 0.1) is 7.14 Å². The molecule has 1 aliphatic heterocycles. The van der Waals surface area contributed by atoms with E-state index in [4.69, 9.17) is 21.1 Å². The molecule has 14 heavy (non-hydrogen) atoms. The Kier molecular flexibility index (Phi) is 3.78. The minimum Gasteiger partial charge on any atom is -0.489 e. The Hall–Kier alpha value is 0.730. The number of epoxide rings is 1. The van der Waals surface area contributed by atoms with Gasteiger partial charge in [-0.25, -0.2) is 0 Å². The summed E-state index contributed by atoms with van der Waals surface area (Å²) in [5, 5.41) is 0.744. The van der Waals surface area contributed by atoms with Crippen LogP contribution >= 0.6 is 56.8 Å². The van der Waals surface area contributed by atoms with E-state index in [0.29, 0.717) is 6.61 Å². The fourth-order valence-corrected chi connectivity index (χ4v) is 3.67. The van der Waals surface area contributed by atoms with Crippen LogP contribution in [0.15, 0.2) is 12.1 Å². The van der Waals surface area contributed by atoms with Crippen LogP contribution in [-0.4, -0.2) is 19.3 Å². The summed E-state index contributed by atoms with van der Waals surface area (Å²) in [5.74, 6) is 0.908. The summed E-state index contributed by atoms with van der Waals surface area (Å²) in [6.07, 6.45) is 0.289. The van der Waals surface area contributed by atoms with Crippen molar-refractivity contribution in [3.05, 3.63) is 24.3 Å². The Morgan fingerprint density at radius 2 is 2.00 bits per heavy atom. The maximum Gasteiger partial charge on any atom is 0.146 e. The van der Waals surface area contributed by atoms with E-state index in [1.165, 1.54) is 0 Å². The third-order valence-electron chi connectivity index (χ3n) is 1.78. The van der Waals surface area contributed by atoms with Crippen LogP contribution in [0.25, 0.3) is 0 Å². The zero-order chi connectivity index (χ0) is 10.1. The number of ether oxygens (including phenoxy) is 2. The van der Waals surface area contributed by atoms with E-state index >= 15 is 0 Å². The fourth-order valence-electron chi connectivity index (χ4n) is 1.01. The predicted octanol–water partition coefficient (Wildman–Crippen LogP) is 3.33. The lowest BCUT2D eigenvalue weighted by Crippen LogP contribution is -2.06. The standard InChI is InChI=1S/C9H7ClI2O2/c10-5-1-7(11)9(8(12)2-5)14-4-6-3-13-6/h1-2,6H,3-4H2/t6-/m0/s1. The summed E-state index contributed by atoms with van der Waals surface area (Å²) in [6.45, 7) is 1.45. The van der Waals surface area contributed by atoms with E-state index in [0.717, 1.165) is 24.5 Å². The number of hydrogen-bond donors (Lipinski definition) is 0. The topological polar surface area (TPSA) is 21.8 Å². The van der Waals surface area contributed by atoms with E-state index in [1.807, 2.05) is 12.1 Å². The Morgan fingerprint density at radius 1 is 1.43 bits per heavy atom. The lowest BCUT2D eigenvalue weighted by atomic mass is 10.3. The molecule has 0 N–H and O–H groups in total. The monoisotopic (exact) mass is 436 g/mol. The summed E-state index contributed by atoms with van der Waals surface area (Å²) in [5.41, 5.74) is 0. The molecule has 0 aliphatic carbocycles. The Balaban J connectivity index is 2.13. The normalized spacial score (nSPS) is 19.5. The minimum absolute atomic E-state index is 0.289. The molecule has 76 valence electrons. The molecule has 1 heterocycles. The molecule has 0 amide bonds. The van der Waals surface area contributed by atoms with Crippen LogP contribution < -0.4 is 4.74 Å². The van der Waals surface area contributed by atoms with Gasteiger partial charge in [-0.05, 0) is 57.3 Å². The molecule has 0 unspecified atom stereocenters. The van der Waals surface area contributed by atoms with Crippen molar-refractivity contribution < 1.29 is 9.47 Å². The third-order valence-corrected chi connectivity index (χ3v) is 3.60. The second-order valence-corrected chi connectivity index (χ2v) is 5.73. The molecule has 1 fully saturated rings. The average molecular weight is 436 g/mol. The molecule has 1 aliphatic rings. The van der Waals surface area contributed by atoms with E-state index < -0.39 is 0 Å². The van der Waals surface area contributed by atoms with E-state index in [1.54, 1.807) is 0 Å². The molecule has 1 saturated heterocycles. The second-order valence-electron chi connectivity index (χ2n) is 2.96. The highest BCUT2D eigenvalue weighted by molar-refractivity contribution is 14.1. The van der Waals surface area contributed by atoms with Crippen LogP contribution in [0.5, 0.6) is 5.75 Å². The van der Waals surface area contributed by atoms with Gasteiger partial charge in [-0.1, -0.05) is 11.6 Å². The molecular formula is C9H7ClI2O2. The van der Waals surface area contributed by atoms with Crippen LogP contribution in [0.2, 0.25) is 5.02 Å². The molecule has 5 heteroatoms. The van der Waals surface area contributed by atoms with Crippen molar-refractivity contribution >= 4 is 56.8 Å². The number of benzene rings is 1. The maximum atomic E-state index is 5.91. The summed E-state index contributed by atoms with van der Waals surface area (Å²) in [4.78, 5) is 0. The van der Waals surface area contributed by atoms with Gasteiger partial charge in [0, 0.05) is 5.02 Å². The maximum absolute atomic E-state index is 5.91. The Labute approximate surface area is 115 Å². The highest BCUT2D eigenvalue weighted by Crippen LogP contribution is 2.31. The van der Waals surface area contributed by atoms with Crippen molar-refractivity contribution in [1.29, 1.82) is 0 Å². The van der Waals surface area contributed by atoms with E-state index in [-0.39, 0.29) is 6.10 Å². The van der Waals surface area contributed by atoms with Gasteiger partial charge in [0.15, 0.2) is 0 Å². The summed E-state index contributed by atoms with van der Waals surface area (Å²) >= 11 is 10.4. The quantitative estimate of drug-likeness (QED) is 0.536. The van der Waals surface area contributed by atoms with Crippen LogP contribution in [0.1, 0.15) is 0 Å². The minimum atomic E-state index is 0.289. The predicted molar refractivity (Wildman–Crippen MR) is 72.1 cm³/mol. The van der Waals surface area contributed by atoms with Gasteiger partial charge >= 0.3 is 0 Å². The number of rotatable bonds is 3.